The van der Waals surface area contributed by atoms with E-state index in [0.29, 0.717) is 6.54 Å². The van der Waals surface area contributed by atoms with Gasteiger partial charge in [-0.3, -0.25) is 9.88 Å². The molecule has 28 heavy (non-hydrogen) atoms. The predicted molar refractivity (Wildman–Crippen MR) is 106 cm³/mol. The van der Waals surface area contributed by atoms with Crippen molar-refractivity contribution in [1.29, 1.82) is 0 Å². The molecule has 3 aromatic rings. The third-order valence-electron chi connectivity index (χ3n) is 5.28. The van der Waals surface area contributed by atoms with Crippen LogP contribution in [0.1, 0.15) is 42.3 Å². The summed E-state index contributed by atoms with van der Waals surface area (Å²) in [4.78, 5) is 22.6. The van der Waals surface area contributed by atoms with E-state index >= 15 is 0 Å². The summed E-state index contributed by atoms with van der Waals surface area (Å²) >= 11 is 0. The fraction of sp³-hybridized carbons (Fsp3) is 0.381. The minimum absolute atomic E-state index is 0.236. The molecule has 0 spiro atoms. The summed E-state index contributed by atoms with van der Waals surface area (Å²) in [5.74, 6) is 0. The zero-order chi connectivity index (χ0) is 19.3. The van der Waals surface area contributed by atoms with Crippen molar-refractivity contribution in [3.8, 4) is 0 Å². The Morgan fingerprint density at radius 3 is 3.11 bits per heavy atom. The van der Waals surface area contributed by atoms with Gasteiger partial charge in [-0.1, -0.05) is 12.1 Å². The fourth-order valence-corrected chi connectivity index (χ4v) is 4.03. The number of amides is 1. The van der Waals surface area contributed by atoms with E-state index in [-0.39, 0.29) is 6.04 Å². The van der Waals surface area contributed by atoms with Gasteiger partial charge in [0.05, 0.1) is 17.4 Å². The molecular formula is C21H25N5O2. The lowest BCUT2D eigenvalue weighted by atomic mass is 9.90. The SMILES string of the molecule is O=C(O)NCCCN(Cc1cn2ccccc2n1)C1CCCc2cccnc21. The van der Waals surface area contributed by atoms with Crippen LogP contribution in [0, 0.1) is 0 Å². The summed E-state index contributed by atoms with van der Waals surface area (Å²) in [6.07, 6.45) is 8.98. The van der Waals surface area contributed by atoms with E-state index in [2.05, 4.69) is 27.5 Å². The van der Waals surface area contributed by atoms with Crippen LogP contribution in [-0.4, -0.2) is 43.6 Å². The van der Waals surface area contributed by atoms with E-state index in [0.717, 1.165) is 55.8 Å². The molecule has 3 aromatic heterocycles. The number of carboxylic acid groups (broad SMARTS) is 1. The van der Waals surface area contributed by atoms with Gasteiger partial charge in [-0.25, -0.2) is 9.78 Å². The highest BCUT2D eigenvalue weighted by Gasteiger charge is 2.27. The molecule has 0 aromatic carbocycles. The van der Waals surface area contributed by atoms with Crippen LogP contribution in [0.2, 0.25) is 0 Å². The predicted octanol–water partition coefficient (Wildman–Crippen LogP) is 3.27. The standard InChI is InChI=1S/C21H25N5O2/c27-21(28)23-11-5-13-25(14-17-15-26-12-2-1-9-19(26)24-17)18-8-3-6-16-7-4-10-22-20(16)18/h1-2,4,7,9-10,12,15,18,23H,3,5-6,8,11,13-14H2,(H,27,28). The van der Waals surface area contributed by atoms with Crippen molar-refractivity contribution >= 4 is 11.7 Å². The molecule has 1 aliphatic carbocycles. The highest BCUT2D eigenvalue weighted by molar-refractivity contribution is 5.64. The van der Waals surface area contributed by atoms with Gasteiger partial charge < -0.3 is 14.8 Å². The number of imidazole rings is 1. The smallest absolute Gasteiger partial charge is 0.404 e. The average Bonchev–Trinajstić information content (AvgIpc) is 3.12. The molecule has 1 aliphatic rings. The van der Waals surface area contributed by atoms with Crippen LogP contribution in [0.15, 0.2) is 48.9 Å². The molecule has 7 heteroatoms. The molecule has 1 atom stereocenters. The summed E-state index contributed by atoms with van der Waals surface area (Å²) in [6, 6.07) is 10.4. The first-order chi connectivity index (χ1) is 13.7. The Labute approximate surface area is 164 Å². The lowest BCUT2D eigenvalue weighted by Gasteiger charge is -2.34. The summed E-state index contributed by atoms with van der Waals surface area (Å²) in [6.45, 7) is 1.95. The summed E-state index contributed by atoms with van der Waals surface area (Å²) in [5.41, 5.74) is 4.43. The van der Waals surface area contributed by atoms with Crippen LogP contribution in [-0.2, 0) is 13.0 Å². The van der Waals surface area contributed by atoms with Crippen molar-refractivity contribution in [3.63, 3.8) is 0 Å². The molecule has 146 valence electrons. The number of aryl methyl sites for hydroxylation is 1. The zero-order valence-corrected chi connectivity index (χ0v) is 15.8. The number of carbonyl (C=O) groups is 1. The van der Waals surface area contributed by atoms with Gasteiger partial charge in [-0.2, -0.15) is 0 Å². The third-order valence-corrected chi connectivity index (χ3v) is 5.28. The van der Waals surface area contributed by atoms with Gasteiger partial charge in [-0.15, -0.1) is 0 Å². The van der Waals surface area contributed by atoms with Crippen molar-refractivity contribution < 1.29 is 9.90 Å². The Morgan fingerprint density at radius 2 is 2.25 bits per heavy atom. The highest BCUT2D eigenvalue weighted by Crippen LogP contribution is 2.33. The molecule has 1 amide bonds. The largest absolute Gasteiger partial charge is 0.465 e. The van der Waals surface area contributed by atoms with Gasteiger partial charge in [0.1, 0.15) is 5.65 Å². The second-order valence-corrected chi connectivity index (χ2v) is 7.21. The molecule has 0 saturated carbocycles. The number of hydrogen-bond donors (Lipinski definition) is 2. The monoisotopic (exact) mass is 379 g/mol. The topological polar surface area (TPSA) is 82.8 Å². The number of pyridine rings is 2. The fourth-order valence-electron chi connectivity index (χ4n) is 4.03. The number of nitrogens with one attached hydrogen (secondary N) is 1. The Kier molecular flexibility index (Phi) is 5.53. The Bertz CT molecular complexity index is 922. The minimum atomic E-state index is -0.975. The molecule has 0 fully saturated rings. The lowest BCUT2D eigenvalue weighted by molar-refractivity contribution is 0.160. The maximum absolute atomic E-state index is 10.8. The van der Waals surface area contributed by atoms with Crippen LogP contribution in [0.5, 0.6) is 0 Å². The summed E-state index contributed by atoms with van der Waals surface area (Å²) in [5, 5.41) is 11.3. The minimum Gasteiger partial charge on any atom is -0.465 e. The first-order valence-corrected chi connectivity index (χ1v) is 9.78. The average molecular weight is 379 g/mol. The van der Waals surface area contributed by atoms with Gasteiger partial charge in [0.15, 0.2) is 0 Å². The van der Waals surface area contributed by atoms with Crippen LogP contribution in [0.4, 0.5) is 4.79 Å². The zero-order valence-electron chi connectivity index (χ0n) is 15.8. The van der Waals surface area contributed by atoms with E-state index in [9.17, 15) is 4.79 Å². The van der Waals surface area contributed by atoms with E-state index in [1.165, 1.54) is 5.56 Å². The summed E-state index contributed by atoms with van der Waals surface area (Å²) < 4.78 is 2.03. The van der Waals surface area contributed by atoms with Gasteiger partial charge >= 0.3 is 6.09 Å². The molecule has 1 unspecified atom stereocenters. The molecule has 2 N–H and O–H groups in total. The molecule has 0 radical (unpaired) electrons. The van der Waals surface area contributed by atoms with E-state index < -0.39 is 6.09 Å². The quantitative estimate of drug-likeness (QED) is 0.616. The number of aromatic nitrogens is 3. The van der Waals surface area contributed by atoms with Gasteiger partial charge in [0.25, 0.3) is 0 Å². The Morgan fingerprint density at radius 1 is 1.32 bits per heavy atom. The molecule has 4 rings (SSSR count). The van der Waals surface area contributed by atoms with E-state index in [1.807, 2.05) is 41.1 Å². The Balaban J connectivity index is 1.56. The van der Waals surface area contributed by atoms with Gasteiger partial charge in [-0.05, 0) is 49.4 Å². The van der Waals surface area contributed by atoms with Crippen molar-refractivity contribution in [1.82, 2.24) is 24.6 Å². The number of nitrogens with zero attached hydrogens (tertiary/aromatic N) is 4. The molecule has 3 heterocycles. The van der Waals surface area contributed by atoms with Gasteiger partial charge in [0.2, 0.25) is 0 Å². The van der Waals surface area contributed by atoms with Crippen molar-refractivity contribution in [2.24, 2.45) is 0 Å². The van der Waals surface area contributed by atoms with E-state index in [4.69, 9.17) is 10.1 Å². The van der Waals surface area contributed by atoms with Crippen LogP contribution >= 0.6 is 0 Å². The third kappa shape index (κ3) is 4.14. The highest BCUT2D eigenvalue weighted by atomic mass is 16.4. The first-order valence-electron chi connectivity index (χ1n) is 9.78. The number of rotatable bonds is 7. The number of hydrogen-bond acceptors (Lipinski definition) is 4. The van der Waals surface area contributed by atoms with Crippen molar-refractivity contribution in [2.75, 3.05) is 13.1 Å². The number of fused-ring (bicyclic) bond motifs is 2. The van der Waals surface area contributed by atoms with Crippen LogP contribution in [0.3, 0.4) is 0 Å². The first kappa shape index (κ1) is 18.4. The molecule has 0 saturated heterocycles. The maximum atomic E-state index is 10.8. The van der Waals surface area contributed by atoms with Crippen LogP contribution < -0.4 is 5.32 Å². The molecule has 7 nitrogen and oxygen atoms in total. The molecule has 0 bridgehead atoms. The lowest BCUT2D eigenvalue weighted by Crippen LogP contribution is -2.34. The Hall–Kier alpha value is -2.93. The van der Waals surface area contributed by atoms with Crippen LogP contribution in [0.25, 0.3) is 5.65 Å². The summed E-state index contributed by atoms with van der Waals surface area (Å²) in [7, 11) is 0. The normalized spacial score (nSPS) is 16.2. The second-order valence-electron chi connectivity index (χ2n) is 7.21. The molecule has 0 aliphatic heterocycles. The van der Waals surface area contributed by atoms with Crippen molar-refractivity contribution in [3.05, 3.63) is 65.9 Å². The van der Waals surface area contributed by atoms with Gasteiger partial charge in [0, 0.05) is 38.2 Å². The van der Waals surface area contributed by atoms with E-state index in [1.54, 1.807) is 0 Å². The molecular weight excluding hydrogens is 354 g/mol. The second kappa shape index (κ2) is 8.39. The maximum Gasteiger partial charge on any atom is 0.404 e. The van der Waals surface area contributed by atoms with Crippen molar-refractivity contribution in [2.45, 2.75) is 38.3 Å².